The molecule has 2 aromatic rings. The quantitative estimate of drug-likeness (QED) is 0.856. The van der Waals surface area contributed by atoms with E-state index in [2.05, 4.69) is 21.6 Å². The number of carbonyl (C=O) groups is 1. The van der Waals surface area contributed by atoms with Crippen LogP contribution in [0.1, 0.15) is 31.5 Å². The highest BCUT2D eigenvalue weighted by molar-refractivity contribution is 7.99. The number of nitrogens with zero attached hydrogens (tertiary/aromatic N) is 4. The Morgan fingerprint density at radius 3 is 2.85 bits per heavy atom. The van der Waals surface area contributed by atoms with Crippen LogP contribution in [0.4, 0.5) is 0 Å². The van der Waals surface area contributed by atoms with Crippen molar-refractivity contribution >= 4 is 28.9 Å². The van der Waals surface area contributed by atoms with Crippen molar-refractivity contribution in [1.29, 1.82) is 0 Å². The Bertz CT molecular complexity index is 672. The molecule has 1 unspecified atom stereocenters. The third-order valence-electron chi connectivity index (χ3n) is 3.84. The average molecular weight is 294 g/mol. The standard InChI is InChI=1S/C13H18N4O2S/c1-7-11-12(16(3)15-7)17(8(2)9-4-5-9)13(14-11)20-6-10(18)19/h8-9H,4-6H2,1-3H3,(H,18,19). The molecule has 0 amide bonds. The lowest BCUT2D eigenvalue weighted by Gasteiger charge is -2.16. The molecular weight excluding hydrogens is 276 g/mol. The Balaban J connectivity index is 2.09. The van der Waals surface area contributed by atoms with Crippen LogP contribution in [0.2, 0.25) is 0 Å². The third-order valence-corrected chi connectivity index (χ3v) is 4.78. The molecule has 20 heavy (non-hydrogen) atoms. The van der Waals surface area contributed by atoms with Gasteiger partial charge in [-0.25, -0.2) is 4.98 Å². The maximum Gasteiger partial charge on any atom is 0.313 e. The number of aromatic nitrogens is 4. The molecule has 2 heterocycles. The average Bonchev–Trinajstić information content (AvgIpc) is 3.09. The van der Waals surface area contributed by atoms with Crippen LogP contribution in [0.25, 0.3) is 11.2 Å². The fourth-order valence-electron chi connectivity index (χ4n) is 2.66. The van der Waals surface area contributed by atoms with Gasteiger partial charge in [0.15, 0.2) is 10.8 Å². The highest BCUT2D eigenvalue weighted by Gasteiger charge is 2.33. The summed E-state index contributed by atoms with van der Waals surface area (Å²) in [6.07, 6.45) is 2.47. The summed E-state index contributed by atoms with van der Waals surface area (Å²) in [5.41, 5.74) is 2.77. The van der Waals surface area contributed by atoms with Gasteiger partial charge < -0.3 is 9.67 Å². The fraction of sp³-hybridized carbons (Fsp3) is 0.615. The van der Waals surface area contributed by atoms with E-state index in [1.165, 1.54) is 24.6 Å². The molecule has 1 fully saturated rings. The van der Waals surface area contributed by atoms with Crippen molar-refractivity contribution in [2.24, 2.45) is 13.0 Å². The summed E-state index contributed by atoms with van der Waals surface area (Å²) in [7, 11) is 1.92. The minimum absolute atomic E-state index is 0.0349. The molecule has 6 nitrogen and oxygen atoms in total. The van der Waals surface area contributed by atoms with Gasteiger partial charge in [-0.2, -0.15) is 5.10 Å². The summed E-state index contributed by atoms with van der Waals surface area (Å²) in [6, 6.07) is 0.339. The predicted molar refractivity (Wildman–Crippen MR) is 77.0 cm³/mol. The smallest absolute Gasteiger partial charge is 0.313 e. The first kappa shape index (κ1) is 13.5. The second-order valence-electron chi connectivity index (χ2n) is 5.41. The van der Waals surface area contributed by atoms with E-state index in [4.69, 9.17) is 5.11 Å². The van der Waals surface area contributed by atoms with E-state index in [0.717, 1.165) is 22.0 Å². The van der Waals surface area contributed by atoms with Gasteiger partial charge in [0.25, 0.3) is 0 Å². The topological polar surface area (TPSA) is 72.9 Å². The molecular formula is C13H18N4O2S. The van der Waals surface area contributed by atoms with Crippen LogP contribution in [-0.2, 0) is 11.8 Å². The second kappa shape index (κ2) is 4.80. The van der Waals surface area contributed by atoms with Crippen molar-refractivity contribution in [1.82, 2.24) is 19.3 Å². The van der Waals surface area contributed by atoms with Crippen LogP contribution in [0.5, 0.6) is 0 Å². The van der Waals surface area contributed by atoms with Crippen LogP contribution >= 0.6 is 11.8 Å². The number of aryl methyl sites for hydroxylation is 2. The molecule has 2 aromatic heterocycles. The molecule has 1 aliphatic rings. The number of aliphatic carboxylic acids is 1. The molecule has 0 aromatic carbocycles. The number of rotatable bonds is 5. The van der Waals surface area contributed by atoms with Crippen molar-refractivity contribution in [2.45, 2.75) is 37.9 Å². The molecule has 0 saturated heterocycles. The zero-order valence-corrected chi connectivity index (χ0v) is 12.6. The Labute approximate surface area is 121 Å². The second-order valence-corrected chi connectivity index (χ2v) is 6.35. The highest BCUT2D eigenvalue weighted by atomic mass is 32.2. The minimum atomic E-state index is -0.817. The number of imidazole rings is 1. The Morgan fingerprint density at radius 1 is 1.55 bits per heavy atom. The maximum atomic E-state index is 10.8. The molecule has 1 aliphatic carbocycles. The first-order valence-corrected chi connectivity index (χ1v) is 7.73. The van der Waals surface area contributed by atoms with Crippen LogP contribution < -0.4 is 0 Å². The van der Waals surface area contributed by atoms with E-state index >= 15 is 0 Å². The number of carboxylic acids is 1. The molecule has 7 heteroatoms. The first-order valence-electron chi connectivity index (χ1n) is 6.75. The molecule has 1 saturated carbocycles. The van der Waals surface area contributed by atoms with Gasteiger partial charge in [-0.05, 0) is 32.6 Å². The van der Waals surface area contributed by atoms with Gasteiger partial charge in [-0.1, -0.05) is 11.8 Å². The number of thioether (sulfide) groups is 1. The molecule has 0 spiro atoms. The van der Waals surface area contributed by atoms with Gasteiger partial charge in [0.1, 0.15) is 5.52 Å². The first-order chi connectivity index (χ1) is 9.49. The number of fused-ring (bicyclic) bond motifs is 1. The lowest BCUT2D eigenvalue weighted by molar-refractivity contribution is -0.133. The third kappa shape index (κ3) is 2.19. The molecule has 3 rings (SSSR count). The Kier molecular flexibility index (Phi) is 3.24. The number of hydrogen-bond donors (Lipinski definition) is 1. The molecule has 1 atom stereocenters. The summed E-state index contributed by atoms with van der Waals surface area (Å²) in [5, 5.41) is 14.1. The maximum absolute atomic E-state index is 10.8. The van der Waals surface area contributed by atoms with Crippen LogP contribution in [0, 0.1) is 12.8 Å². The molecule has 108 valence electrons. The van der Waals surface area contributed by atoms with Gasteiger partial charge in [0.05, 0.1) is 11.4 Å². The van der Waals surface area contributed by atoms with E-state index in [1.807, 2.05) is 18.7 Å². The molecule has 0 aliphatic heterocycles. The van der Waals surface area contributed by atoms with Gasteiger partial charge >= 0.3 is 5.97 Å². The minimum Gasteiger partial charge on any atom is -0.481 e. The van der Waals surface area contributed by atoms with E-state index in [1.54, 1.807) is 0 Å². The zero-order valence-electron chi connectivity index (χ0n) is 11.8. The van der Waals surface area contributed by atoms with Crippen LogP contribution in [0.3, 0.4) is 0 Å². The molecule has 0 radical (unpaired) electrons. The van der Waals surface area contributed by atoms with Crippen LogP contribution in [-0.4, -0.2) is 36.2 Å². The Hall–Kier alpha value is -1.50. The Morgan fingerprint density at radius 2 is 2.25 bits per heavy atom. The highest BCUT2D eigenvalue weighted by Crippen LogP contribution is 2.42. The molecule has 0 bridgehead atoms. The van der Waals surface area contributed by atoms with E-state index in [-0.39, 0.29) is 5.75 Å². The fourth-order valence-corrected chi connectivity index (χ4v) is 3.46. The normalized spacial score (nSPS) is 16.8. The SMILES string of the molecule is Cc1nn(C)c2c1nc(SCC(=O)O)n2C(C)C1CC1. The van der Waals surface area contributed by atoms with E-state index in [9.17, 15) is 4.79 Å². The number of hydrogen-bond acceptors (Lipinski definition) is 4. The van der Waals surface area contributed by atoms with Crippen molar-refractivity contribution in [3.63, 3.8) is 0 Å². The summed E-state index contributed by atoms with van der Waals surface area (Å²) < 4.78 is 4.02. The van der Waals surface area contributed by atoms with Gasteiger partial charge in [-0.15, -0.1) is 0 Å². The van der Waals surface area contributed by atoms with Crippen molar-refractivity contribution in [3.05, 3.63) is 5.69 Å². The largest absolute Gasteiger partial charge is 0.481 e. The summed E-state index contributed by atoms with van der Waals surface area (Å²) in [6.45, 7) is 4.12. The monoisotopic (exact) mass is 294 g/mol. The summed E-state index contributed by atoms with van der Waals surface area (Å²) in [4.78, 5) is 15.4. The lowest BCUT2D eigenvalue weighted by atomic mass is 10.2. The van der Waals surface area contributed by atoms with Gasteiger partial charge in [0.2, 0.25) is 0 Å². The lowest BCUT2D eigenvalue weighted by Crippen LogP contribution is -2.12. The van der Waals surface area contributed by atoms with E-state index in [0.29, 0.717) is 12.0 Å². The predicted octanol–water partition coefficient (Wildman–Crippen LogP) is 2.23. The van der Waals surface area contributed by atoms with Crippen molar-refractivity contribution in [3.8, 4) is 0 Å². The van der Waals surface area contributed by atoms with Crippen LogP contribution in [0.15, 0.2) is 5.16 Å². The van der Waals surface area contributed by atoms with Gasteiger partial charge in [-0.3, -0.25) is 9.48 Å². The summed E-state index contributed by atoms with van der Waals surface area (Å²) >= 11 is 1.29. The van der Waals surface area contributed by atoms with Crippen molar-refractivity contribution in [2.75, 3.05) is 5.75 Å². The zero-order chi connectivity index (χ0) is 14.4. The van der Waals surface area contributed by atoms with Crippen molar-refractivity contribution < 1.29 is 9.90 Å². The molecule has 1 N–H and O–H groups in total. The number of carboxylic acid groups (broad SMARTS) is 1. The summed E-state index contributed by atoms with van der Waals surface area (Å²) in [5.74, 6) is -0.109. The van der Waals surface area contributed by atoms with E-state index < -0.39 is 5.97 Å². The van der Waals surface area contributed by atoms with Gasteiger partial charge in [0, 0.05) is 13.1 Å².